The van der Waals surface area contributed by atoms with E-state index in [9.17, 15) is 4.79 Å². The van der Waals surface area contributed by atoms with Crippen LogP contribution < -0.4 is 11.1 Å². The van der Waals surface area contributed by atoms with E-state index in [1.54, 1.807) is 11.3 Å². The number of rotatable bonds is 4. The molecule has 0 aliphatic carbocycles. The van der Waals surface area contributed by atoms with Crippen LogP contribution in [0.5, 0.6) is 0 Å². The van der Waals surface area contributed by atoms with Crippen molar-refractivity contribution >= 4 is 22.9 Å². The fraction of sp³-hybridized carbons (Fsp3) is 0.333. The third kappa shape index (κ3) is 3.43. The van der Waals surface area contributed by atoms with Crippen molar-refractivity contribution in [3.63, 3.8) is 0 Å². The molecule has 1 aromatic carbocycles. The second-order valence-electron chi connectivity index (χ2n) is 5.09. The maximum atomic E-state index is 12.0. The summed E-state index contributed by atoms with van der Waals surface area (Å²) in [5.74, 6) is -0.0500. The van der Waals surface area contributed by atoms with Gasteiger partial charge in [0.1, 0.15) is 0 Å². The molecule has 0 saturated carbocycles. The summed E-state index contributed by atoms with van der Waals surface area (Å²) in [6.07, 6.45) is 0. The van der Waals surface area contributed by atoms with Crippen LogP contribution in [0.2, 0.25) is 0 Å². The molecule has 2 aromatic rings. The van der Waals surface area contributed by atoms with Crippen LogP contribution in [0.15, 0.2) is 29.6 Å². The van der Waals surface area contributed by atoms with Crippen molar-refractivity contribution in [3.05, 3.63) is 34.7 Å². The molecule has 0 aliphatic heterocycles. The Morgan fingerprint density at radius 2 is 2.15 bits per heavy atom. The fourth-order valence-electron chi connectivity index (χ4n) is 1.78. The zero-order chi connectivity index (χ0) is 14.7. The number of amides is 1. The molecule has 1 heterocycles. The lowest BCUT2D eigenvalue weighted by Gasteiger charge is -2.15. The third-order valence-corrected chi connectivity index (χ3v) is 3.84. The van der Waals surface area contributed by atoms with E-state index in [2.05, 4.69) is 10.3 Å². The largest absolute Gasteiger partial charge is 0.325 e. The molecule has 20 heavy (non-hydrogen) atoms. The first-order valence-corrected chi connectivity index (χ1v) is 7.44. The van der Waals surface area contributed by atoms with Gasteiger partial charge in [-0.25, -0.2) is 4.98 Å². The van der Waals surface area contributed by atoms with E-state index in [4.69, 9.17) is 5.73 Å². The number of carbonyl (C=O) groups is 1. The van der Waals surface area contributed by atoms with Gasteiger partial charge in [-0.1, -0.05) is 26.0 Å². The molecule has 0 radical (unpaired) electrons. The van der Waals surface area contributed by atoms with Crippen LogP contribution in [0.25, 0.3) is 11.3 Å². The number of nitrogens with one attached hydrogen (secondary N) is 1. The summed E-state index contributed by atoms with van der Waals surface area (Å²) in [5, 5.41) is 5.89. The minimum Gasteiger partial charge on any atom is -0.325 e. The quantitative estimate of drug-likeness (QED) is 0.909. The van der Waals surface area contributed by atoms with Crippen LogP contribution in [0.1, 0.15) is 18.9 Å². The lowest BCUT2D eigenvalue weighted by Crippen LogP contribution is -2.39. The highest BCUT2D eigenvalue weighted by atomic mass is 32.1. The summed E-state index contributed by atoms with van der Waals surface area (Å²) < 4.78 is 0. The summed E-state index contributed by atoms with van der Waals surface area (Å²) in [6, 6.07) is 7.15. The standard InChI is InChI=1S/C15H19N3OS/c1-9(2)14(16)15(19)18-12-6-4-5-11(7-12)13-8-20-10(3)17-13/h4-9,14H,16H2,1-3H3,(H,18,19)/t14-/m1/s1. The molecule has 4 nitrogen and oxygen atoms in total. The second-order valence-corrected chi connectivity index (χ2v) is 6.15. The summed E-state index contributed by atoms with van der Waals surface area (Å²) in [6.45, 7) is 5.83. The maximum Gasteiger partial charge on any atom is 0.241 e. The topological polar surface area (TPSA) is 68.0 Å². The van der Waals surface area contributed by atoms with Crippen LogP contribution in [0, 0.1) is 12.8 Å². The number of hydrogen-bond acceptors (Lipinski definition) is 4. The number of nitrogens with two attached hydrogens (primary N) is 1. The Hall–Kier alpha value is -1.72. The van der Waals surface area contributed by atoms with Crippen molar-refractivity contribution in [1.29, 1.82) is 0 Å². The Morgan fingerprint density at radius 1 is 1.40 bits per heavy atom. The van der Waals surface area contributed by atoms with Crippen molar-refractivity contribution in [2.75, 3.05) is 5.32 Å². The number of aryl methyl sites for hydroxylation is 1. The van der Waals surface area contributed by atoms with Crippen LogP contribution in [0.3, 0.4) is 0 Å². The Kier molecular flexibility index (Phi) is 4.52. The van der Waals surface area contributed by atoms with E-state index in [1.165, 1.54) is 0 Å². The molecular weight excluding hydrogens is 270 g/mol. The molecule has 0 fully saturated rings. The molecule has 106 valence electrons. The van der Waals surface area contributed by atoms with Crippen molar-refractivity contribution in [2.24, 2.45) is 11.7 Å². The van der Waals surface area contributed by atoms with Crippen LogP contribution in [-0.2, 0) is 4.79 Å². The number of aromatic nitrogens is 1. The summed E-state index contributed by atoms with van der Waals surface area (Å²) in [5.41, 5.74) is 8.50. The third-order valence-electron chi connectivity index (χ3n) is 3.07. The van der Waals surface area contributed by atoms with Crippen molar-refractivity contribution in [1.82, 2.24) is 4.98 Å². The highest BCUT2D eigenvalue weighted by Crippen LogP contribution is 2.24. The van der Waals surface area contributed by atoms with Crippen LogP contribution in [-0.4, -0.2) is 16.9 Å². The van der Waals surface area contributed by atoms with E-state index in [1.807, 2.05) is 50.4 Å². The molecule has 1 aromatic heterocycles. The Labute approximate surface area is 123 Å². The molecule has 0 bridgehead atoms. The molecule has 0 saturated heterocycles. The van der Waals surface area contributed by atoms with Gasteiger partial charge in [0, 0.05) is 16.6 Å². The normalized spacial score (nSPS) is 12.4. The van der Waals surface area contributed by atoms with Gasteiger partial charge in [-0.3, -0.25) is 4.79 Å². The van der Waals surface area contributed by atoms with Gasteiger partial charge in [0.25, 0.3) is 0 Å². The molecular formula is C15H19N3OS. The number of hydrogen-bond donors (Lipinski definition) is 2. The number of nitrogens with zero attached hydrogens (tertiary/aromatic N) is 1. The summed E-state index contributed by atoms with van der Waals surface area (Å²) in [4.78, 5) is 16.4. The van der Waals surface area contributed by atoms with E-state index in [0.29, 0.717) is 0 Å². The minimum atomic E-state index is -0.500. The number of benzene rings is 1. The number of carbonyl (C=O) groups excluding carboxylic acids is 1. The Bertz CT molecular complexity index is 607. The minimum absolute atomic E-state index is 0.111. The molecule has 0 spiro atoms. The smallest absolute Gasteiger partial charge is 0.241 e. The fourth-order valence-corrected chi connectivity index (χ4v) is 2.40. The van der Waals surface area contributed by atoms with Gasteiger partial charge in [0.15, 0.2) is 0 Å². The Morgan fingerprint density at radius 3 is 2.75 bits per heavy atom. The lowest BCUT2D eigenvalue weighted by molar-refractivity contribution is -0.118. The highest BCUT2D eigenvalue weighted by Gasteiger charge is 2.17. The van der Waals surface area contributed by atoms with Gasteiger partial charge < -0.3 is 11.1 Å². The SMILES string of the molecule is Cc1nc(-c2cccc(NC(=O)[C@H](N)C(C)C)c2)cs1. The summed E-state index contributed by atoms with van der Waals surface area (Å²) >= 11 is 1.61. The zero-order valence-corrected chi connectivity index (χ0v) is 12.7. The first kappa shape index (κ1) is 14.7. The van der Waals surface area contributed by atoms with E-state index < -0.39 is 6.04 Å². The number of anilines is 1. The van der Waals surface area contributed by atoms with Gasteiger partial charge in [-0.05, 0) is 25.0 Å². The molecule has 5 heteroatoms. The summed E-state index contributed by atoms with van der Waals surface area (Å²) in [7, 11) is 0. The van der Waals surface area contributed by atoms with Crippen LogP contribution >= 0.6 is 11.3 Å². The molecule has 2 rings (SSSR count). The van der Waals surface area contributed by atoms with E-state index in [0.717, 1.165) is 22.0 Å². The van der Waals surface area contributed by atoms with Gasteiger partial charge in [-0.15, -0.1) is 11.3 Å². The first-order valence-electron chi connectivity index (χ1n) is 6.56. The highest BCUT2D eigenvalue weighted by molar-refractivity contribution is 7.09. The van der Waals surface area contributed by atoms with Gasteiger partial charge in [0.05, 0.1) is 16.7 Å². The molecule has 0 aliphatic rings. The average molecular weight is 289 g/mol. The van der Waals surface area contributed by atoms with Crippen LogP contribution in [0.4, 0.5) is 5.69 Å². The monoisotopic (exact) mass is 289 g/mol. The van der Waals surface area contributed by atoms with Crippen molar-refractivity contribution < 1.29 is 4.79 Å². The molecule has 3 N–H and O–H groups in total. The Balaban J connectivity index is 2.16. The van der Waals surface area contributed by atoms with Crippen molar-refractivity contribution in [2.45, 2.75) is 26.8 Å². The van der Waals surface area contributed by atoms with E-state index >= 15 is 0 Å². The van der Waals surface area contributed by atoms with Crippen molar-refractivity contribution in [3.8, 4) is 11.3 Å². The average Bonchev–Trinajstić information content (AvgIpc) is 2.84. The van der Waals surface area contributed by atoms with Gasteiger partial charge in [-0.2, -0.15) is 0 Å². The van der Waals surface area contributed by atoms with Gasteiger partial charge >= 0.3 is 0 Å². The van der Waals surface area contributed by atoms with E-state index in [-0.39, 0.29) is 11.8 Å². The first-order chi connectivity index (χ1) is 9.47. The lowest BCUT2D eigenvalue weighted by atomic mass is 10.0. The maximum absolute atomic E-state index is 12.0. The number of thiazole rings is 1. The molecule has 0 unspecified atom stereocenters. The molecule has 1 atom stereocenters. The van der Waals surface area contributed by atoms with Gasteiger partial charge in [0.2, 0.25) is 5.91 Å². The predicted octanol–water partition coefficient (Wildman–Crippen LogP) is 3.04. The second kappa shape index (κ2) is 6.15. The zero-order valence-electron chi connectivity index (χ0n) is 11.9. The molecule has 1 amide bonds. The predicted molar refractivity (Wildman–Crippen MR) is 83.7 cm³/mol.